The second kappa shape index (κ2) is 9.04. The van der Waals surface area contributed by atoms with E-state index in [0.29, 0.717) is 13.2 Å². The molecule has 0 fully saturated rings. The number of hydrogen-bond donors (Lipinski definition) is 2. The van der Waals surface area contributed by atoms with Crippen molar-refractivity contribution < 1.29 is 9.84 Å². The Morgan fingerprint density at radius 1 is 1.32 bits per heavy atom. The SMILES string of the molecule is COCCN(CCO)CCC(N)c1cccc(C)c1. The molecule has 0 aliphatic rings. The smallest absolute Gasteiger partial charge is 0.0589 e. The summed E-state index contributed by atoms with van der Waals surface area (Å²) in [5.74, 6) is 0. The summed E-state index contributed by atoms with van der Waals surface area (Å²) in [5.41, 5.74) is 8.63. The minimum absolute atomic E-state index is 0.0450. The topological polar surface area (TPSA) is 58.7 Å². The molecule has 0 aliphatic carbocycles. The molecule has 0 amide bonds. The van der Waals surface area contributed by atoms with E-state index in [1.165, 1.54) is 11.1 Å². The second-order valence-corrected chi connectivity index (χ2v) is 4.87. The zero-order valence-electron chi connectivity index (χ0n) is 12.0. The van der Waals surface area contributed by atoms with Crippen LogP contribution in [0.5, 0.6) is 0 Å². The fourth-order valence-corrected chi connectivity index (χ4v) is 2.09. The molecule has 0 bridgehead atoms. The van der Waals surface area contributed by atoms with Crippen LogP contribution in [0, 0.1) is 6.92 Å². The third-order valence-corrected chi connectivity index (χ3v) is 3.25. The number of hydrogen-bond acceptors (Lipinski definition) is 4. The molecule has 19 heavy (non-hydrogen) atoms. The molecule has 1 aromatic carbocycles. The third kappa shape index (κ3) is 6.16. The van der Waals surface area contributed by atoms with Crippen LogP contribution in [0.2, 0.25) is 0 Å². The number of benzene rings is 1. The minimum Gasteiger partial charge on any atom is -0.395 e. The largest absolute Gasteiger partial charge is 0.395 e. The zero-order chi connectivity index (χ0) is 14.1. The molecule has 3 N–H and O–H groups in total. The van der Waals surface area contributed by atoms with E-state index in [1.807, 2.05) is 6.07 Å². The number of aliphatic hydroxyl groups is 1. The first kappa shape index (κ1) is 16.1. The van der Waals surface area contributed by atoms with Crippen LogP contribution in [0.15, 0.2) is 24.3 Å². The molecule has 0 aliphatic heterocycles. The summed E-state index contributed by atoms with van der Waals surface area (Å²) in [4.78, 5) is 2.18. The Bertz CT molecular complexity index is 358. The standard InChI is InChI=1S/C15H26N2O2/c1-13-4-3-5-14(12-13)15(16)6-7-17(8-10-18)9-11-19-2/h3-5,12,15,18H,6-11,16H2,1-2H3. The first-order valence-electron chi connectivity index (χ1n) is 6.81. The number of nitrogens with two attached hydrogens (primary N) is 1. The Morgan fingerprint density at radius 2 is 2.11 bits per heavy atom. The van der Waals surface area contributed by atoms with E-state index in [-0.39, 0.29) is 12.6 Å². The lowest BCUT2D eigenvalue weighted by atomic mass is 10.0. The van der Waals surface area contributed by atoms with Gasteiger partial charge in [0.25, 0.3) is 0 Å². The van der Waals surface area contributed by atoms with Crippen LogP contribution < -0.4 is 5.73 Å². The van der Waals surface area contributed by atoms with Gasteiger partial charge in [-0.1, -0.05) is 29.8 Å². The Kier molecular flexibility index (Phi) is 7.67. The van der Waals surface area contributed by atoms with Gasteiger partial charge < -0.3 is 15.6 Å². The van der Waals surface area contributed by atoms with Gasteiger partial charge in [-0.2, -0.15) is 0 Å². The van der Waals surface area contributed by atoms with Crippen molar-refractivity contribution in [3.8, 4) is 0 Å². The van der Waals surface area contributed by atoms with Crippen molar-refractivity contribution in [2.24, 2.45) is 5.73 Å². The Balaban J connectivity index is 2.44. The van der Waals surface area contributed by atoms with Gasteiger partial charge in [0.05, 0.1) is 13.2 Å². The predicted octanol–water partition coefficient (Wildman–Crippen LogP) is 1.33. The highest BCUT2D eigenvalue weighted by Gasteiger charge is 2.09. The van der Waals surface area contributed by atoms with Gasteiger partial charge in [0.15, 0.2) is 0 Å². The van der Waals surface area contributed by atoms with E-state index in [0.717, 1.165) is 19.5 Å². The first-order chi connectivity index (χ1) is 9.17. The fraction of sp³-hybridized carbons (Fsp3) is 0.600. The van der Waals surface area contributed by atoms with Crippen LogP contribution in [0.1, 0.15) is 23.6 Å². The van der Waals surface area contributed by atoms with Crippen molar-refractivity contribution in [3.63, 3.8) is 0 Å². The summed E-state index contributed by atoms with van der Waals surface area (Å²) < 4.78 is 5.07. The van der Waals surface area contributed by atoms with Crippen molar-refractivity contribution >= 4 is 0 Å². The molecule has 0 heterocycles. The van der Waals surface area contributed by atoms with Crippen LogP contribution >= 0.6 is 0 Å². The third-order valence-electron chi connectivity index (χ3n) is 3.25. The van der Waals surface area contributed by atoms with E-state index < -0.39 is 0 Å². The molecular weight excluding hydrogens is 240 g/mol. The van der Waals surface area contributed by atoms with E-state index in [9.17, 15) is 0 Å². The molecule has 1 unspecified atom stereocenters. The lowest BCUT2D eigenvalue weighted by molar-refractivity contribution is 0.128. The molecule has 1 rings (SSSR count). The number of ether oxygens (including phenoxy) is 1. The highest BCUT2D eigenvalue weighted by molar-refractivity contribution is 5.24. The average Bonchev–Trinajstić information content (AvgIpc) is 2.41. The number of aryl methyl sites for hydroxylation is 1. The van der Waals surface area contributed by atoms with Crippen molar-refractivity contribution in [3.05, 3.63) is 35.4 Å². The quantitative estimate of drug-likeness (QED) is 0.708. The number of methoxy groups -OCH3 is 1. The number of nitrogens with zero attached hydrogens (tertiary/aromatic N) is 1. The van der Waals surface area contributed by atoms with Gasteiger partial charge >= 0.3 is 0 Å². The van der Waals surface area contributed by atoms with Crippen molar-refractivity contribution in [2.75, 3.05) is 40.0 Å². The molecule has 108 valence electrons. The van der Waals surface area contributed by atoms with Gasteiger partial charge in [-0.15, -0.1) is 0 Å². The van der Waals surface area contributed by atoms with Gasteiger partial charge in [-0.05, 0) is 18.9 Å². The average molecular weight is 266 g/mol. The summed E-state index contributed by atoms with van der Waals surface area (Å²) in [6.07, 6.45) is 0.882. The van der Waals surface area contributed by atoms with Gasteiger partial charge in [0.1, 0.15) is 0 Å². The van der Waals surface area contributed by atoms with Crippen LogP contribution in [0.25, 0.3) is 0 Å². The summed E-state index contributed by atoms with van der Waals surface area (Å²) in [5, 5.41) is 9.04. The normalized spacial score (nSPS) is 12.9. The summed E-state index contributed by atoms with van der Waals surface area (Å²) >= 11 is 0. The van der Waals surface area contributed by atoms with Gasteiger partial charge in [-0.3, -0.25) is 4.90 Å². The molecule has 1 atom stereocenters. The summed E-state index contributed by atoms with van der Waals surface area (Å²) in [6.45, 7) is 5.30. The molecule has 0 saturated carbocycles. The van der Waals surface area contributed by atoms with Crippen molar-refractivity contribution in [2.45, 2.75) is 19.4 Å². The fourth-order valence-electron chi connectivity index (χ4n) is 2.09. The Hall–Kier alpha value is -0.940. The molecule has 0 radical (unpaired) electrons. The summed E-state index contributed by atoms with van der Waals surface area (Å²) in [7, 11) is 1.69. The van der Waals surface area contributed by atoms with E-state index in [1.54, 1.807) is 7.11 Å². The van der Waals surface area contributed by atoms with Crippen molar-refractivity contribution in [1.82, 2.24) is 4.90 Å². The molecule has 0 aromatic heterocycles. The first-order valence-corrected chi connectivity index (χ1v) is 6.81. The Morgan fingerprint density at radius 3 is 2.74 bits per heavy atom. The number of aliphatic hydroxyl groups excluding tert-OH is 1. The minimum atomic E-state index is 0.0450. The van der Waals surface area contributed by atoms with Crippen LogP contribution in [0.3, 0.4) is 0 Å². The number of rotatable bonds is 9. The molecular formula is C15H26N2O2. The van der Waals surface area contributed by atoms with Gasteiger partial charge in [0.2, 0.25) is 0 Å². The summed E-state index contributed by atoms with van der Waals surface area (Å²) in [6, 6.07) is 8.37. The molecule has 0 saturated heterocycles. The maximum atomic E-state index is 9.04. The maximum Gasteiger partial charge on any atom is 0.0589 e. The Labute approximate surface area is 116 Å². The molecule has 4 heteroatoms. The second-order valence-electron chi connectivity index (χ2n) is 4.87. The van der Waals surface area contributed by atoms with Crippen LogP contribution in [0.4, 0.5) is 0 Å². The van der Waals surface area contributed by atoms with Crippen LogP contribution in [-0.2, 0) is 4.74 Å². The maximum absolute atomic E-state index is 9.04. The van der Waals surface area contributed by atoms with Crippen molar-refractivity contribution in [1.29, 1.82) is 0 Å². The van der Waals surface area contributed by atoms with Crippen LogP contribution in [-0.4, -0.2) is 50.0 Å². The van der Waals surface area contributed by atoms with Gasteiger partial charge in [-0.25, -0.2) is 0 Å². The predicted molar refractivity (Wildman–Crippen MR) is 78.1 cm³/mol. The van der Waals surface area contributed by atoms with E-state index >= 15 is 0 Å². The monoisotopic (exact) mass is 266 g/mol. The molecule has 4 nitrogen and oxygen atoms in total. The zero-order valence-corrected chi connectivity index (χ0v) is 12.0. The lowest BCUT2D eigenvalue weighted by Crippen LogP contribution is -2.32. The van der Waals surface area contributed by atoms with E-state index in [2.05, 4.69) is 30.0 Å². The van der Waals surface area contributed by atoms with E-state index in [4.69, 9.17) is 15.6 Å². The van der Waals surface area contributed by atoms with Gasteiger partial charge in [0, 0.05) is 32.8 Å². The lowest BCUT2D eigenvalue weighted by Gasteiger charge is -2.23. The molecule has 1 aromatic rings. The highest BCUT2D eigenvalue weighted by atomic mass is 16.5. The molecule has 0 spiro atoms. The highest BCUT2D eigenvalue weighted by Crippen LogP contribution is 2.15.